The summed E-state index contributed by atoms with van der Waals surface area (Å²) in [5, 5.41) is 21.6. The van der Waals surface area contributed by atoms with Crippen LogP contribution >= 0.6 is 15.9 Å². The van der Waals surface area contributed by atoms with Gasteiger partial charge in [0.25, 0.3) is 11.7 Å². The fourth-order valence-electron chi connectivity index (χ4n) is 4.58. The van der Waals surface area contributed by atoms with Gasteiger partial charge in [0.2, 0.25) is 0 Å². The number of hydrogen-bond donors (Lipinski definition) is 2. The van der Waals surface area contributed by atoms with E-state index in [1.54, 1.807) is 43.5 Å². The molecule has 1 unspecified atom stereocenters. The highest BCUT2D eigenvalue weighted by Gasteiger charge is 2.46. The standard InChI is InChI=1S/C30H30BrNO7/c1-18-6-4-7-19(14-18)17-39-22-10-8-20(9-11-22)27(33)25-26(21-15-23(31)28(34)24(16-21)38-3)32(12-5-13-37-2)30(36)29(25)35/h4,6-11,14-16,26,33-34H,5,12-13,17H2,1-3H3. The summed E-state index contributed by atoms with van der Waals surface area (Å²) in [5.41, 5.74) is 2.98. The van der Waals surface area contributed by atoms with Gasteiger partial charge in [0.1, 0.15) is 18.1 Å². The van der Waals surface area contributed by atoms with E-state index >= 15 is 0 Å². The van der Waals surface area contributed by atoms with Crippen LogP contribution in [0.5, 0.6) is 17.2 Å². The molecule has 204 valence electrons. The van der Waals surface area contributed by atoms with Gasteiger partial charge in [-0.25, -0.2) is 0 Å². The molecule has 1 amide bonds. The van der Waals surface area contributed by atoms with Crippen molar-refractivity contribution in [3.8, 4) is 17.2 Å². The molecule has 2 N–H and O–H groups in total. The highest BCUT2D eigenvalue weighted by molar-refractivity contribution is 9.10. The van der Waals surface area contributed by atoms with Crippen molar-refractivity contribution in [3.63, 3.8) is 0 Å². The van der Waals surface area contributed by atoms with Gasteiger partial charge < -0.3 is 29.3 Å². The van der Waals surface area contributed by atoms with Crippen molar-refractivity contribution >= 4 is 33.4 Å². The van der Waals surface area contributed by atoms with Crippen LogP contribution in [0.15, 0.2) is 70.7 Å². The molecule has 0 radical (unpaired) electrons. The quantitative estimate of drug-likeness (QED) is 0.138. The van der Waals surface area contributed by atoms with Gasteiger partial charge in [-0.15, -0.1) is 0 Å². The molecule has 3 aromatic rings. The Morgan fingerprint density at radius 2 is 1.79 bits per heavy atom. The average molecular weight is 596 g/mol. The van der Waals surface area contributed by atoms with Gasteiger partial charge in [0.05, 0.1) is 23.2 Å². The molecular formula is C30H30BrNO7. The summed E-state index contributed by atoms with van der Waals surface area (Å²) in [6.45, 7) is 3.02. The summed E-state index contributed by atoms with van der Waals surface area (Å²) in [5.74, 6) is -1.18. The monoisotopic (exact) mass is 595 g/mol. The maximum absolute atomic E-state index is 13.2. The molecule has 1 atom stereocenters. The average Bonchev–Trinajstić information content (AvgIpc) is 3.18. The molecule has 1 aliphatic rings. The van der Waals surface area contributed by atoms with Crippen LogP contribution in [0.1, 0.15) is 34.7 Å². The number of carbonyl (C=O) groups is 2. The lowest BCUT2D eigenvalue weighted by Crippen LogP contribution is -2.31. The van der Waals surface area contributed by atoms with E-state index in [2.05, 4.69) is 15.9 Å². The van der Waals surface area contributed by atoms with Crippen LogP contribution < -0.4 is 9.47 Å². The lowest BCUT2D eigenvalue weighted by molar-refractivity contribution is -0.140. The van der Waals surface area contributed by atoms with Crippen molar-refractivity contribution < 1.29 is 34.0 Å². The number of ether oxygens (including phenoxy) is 3. The molecule has 1 heterocycles. The van der Waals surface area contributed by atoms with E-state index in [0.29, 0.717) is 41.0 Å². The van der Waals surface area contributed by atoms with Gasteiger partial charge in [-0.05, 0) is 76.8 Å². The van der Waals surface area contributed by atoms with E-state index in [-0.39, 0.29) is 29.4 Å². The molecule has 0 saturated carbocycles. The van der Waals surface area contributed by atoms with Gasteiger partial charge in [-0.2, -0.15) is 0 Å². The largest absolute Gasteiger partial charge is 0.507 e. The molecule has 3 aromatic carbocycles. The van der Waals surface area contributed by atoms with Crippen molar-refractivity contribution in [2.75, 3.05) is 27.4 Å². The second-order valence-corrected chi connectivity index (χ2v) is 10.0. The minimum Gasteiger partial charge on any atom is -0.507 e. The SMILES string of the molecule is COCCCN1C(=O)C(=O)C(=C(O)c2ccc(OCc3cccc(C)c3)cc2)C1c1cc(Br)c(O)c(OC)c1. The fraction of sp³-hybridized carbons (Fsp3) is 0.267. The Morgan fingerprint density at radius 1 is 1.05 bits per heavy atom. The lowest BCUT2D eigenvalue weighted by Gasteiger charge is -2.26. The fourth-order valence-corrected chi connectivity index (χ4v) is 5.04. The first-order chi connectivity index (χ1) is 18.7. The molecule has 0 aliphatic carbocycles. The van der Waals surface area contributed by atoms with E-state index in [0.717, 1.165) is 11.1 Å². The van der Waals surface area contributed by atoms with Gasteiger partial charge >= 0.3 is 0 Å². The number of nitrogens with zero attached hydrogens (tertiary/aromatic N) is 1. The summed E-state index contributed by atoms with van der Waals surface area (Å²) in [7, 11) is 2.96. The topological polar surface area (TPSA) is 106 Å². The normalized spacial score (nSPS) is 16.5. The van der Waals surface area contributed by atoms with Crippen LogP contribution in [0.4, 0.5) is 0 Å². The van der Waals surface area contributed by atoms with Crippen LogP contribution in [0.2, 0.25) is 0 Å². The number of Topliss-reactive ketones (excluding diaryl/α,β-unsaturated/α-hetero) is 1. The number of ketones is 1. The summed E-state index contributed by atoms with van der Waals surface area (Å²) in [6.07, 6.45) is 0.490. The number of methoxy groups -OCH3 is 2. The number of rotatable bonds is 10. The number of benzene rings is 3. The number of aliphatic hydroxyl groups excluding tert-OH is 1. The van der Waals surface area contributed by atoms with Crippen molar-refractivity contribution in [2.45, 2.75) is 26.0 Å². The summed E-state index contributed by atoms with van der Waals surface area (Å²) in [4.78, 5) is 27.8. The zero-order chi connectivity index (χ0) is 28.1. The van der Waals surface area contributed by atoms with Gasteiger partial charge in [0, 0.05) is 25.8 Å². The van der Waals surface area contributed by atoms with Crippen LogP contribution in [0.3, 0.4) is 0 Å². The number of aromatic hydroxyl groups is 1. The maximum atomic E-state index is 13.2. The van der Waals surface area contributed by atoms with E-state index in [9.17, 15) is 19.8 Å². The van der Waals surface area contributed by atoms with E-state index in [1.807, 2.05) is 31.2 Å². The van der Waals surface area contributed by atoms with Crippen molar-refractivity contribution in [1.29, 1.82) is 0 Å². The van der Waals surface area contributed by atoms with Gasteiger partial charge in [-0.1, -0.05) is 29.8 Å². The van der Waals surface area contributed by atoms with E-state index in [4.69, 9.17) is 14.2 Å². The number of likely N-dealkylation sites (tertiary alicyclic amines) is 1. The molecule has 0 spiro atoms. The van der Waals surface area contributed by atoms with Crippen molar-refractivity contribution in [3.05, 3.63) is 93.0 Å². The third-order valence-electron chi connectivity index (χ3n) is 6.49. The molecule has 1 saturated heterocycles. The summed E-state index contributed by atoms with van der Waals surface area (Å²) in [6, 6.07) is 17.0. The second-order valence-electron chi connectivity index (χ2n) is 9.19. The number of aryl methyl sites for hydroxylation is 1. The second kappa shape index (κ2) is 12.4. The number of phenolic OH excluding ortho intramolecular Hbond substituents is 1. The molecule has 4 rings (SSSR count). The number of halogens is 1. The Bertz CT molecular complexity index is 1400. The lowest BCUT2D eigenvalue weighted by atomic mass is 9.95. The first-order valence-corrected chi connectivity index (χ1v) is 13.2. The highest BCUT2D eigenvalue weighted by Crippen LogP contribution is 2.44. The Morgan fingerprint density at radius 3 is 2.46 bits per heavy atom. The number of aliphatic hydroxyl groups is 1. The zero-order valence-corrected chi connectivity index (χ0v) is 23.5. The smallest absolute Gasteiger partial charge is 0.295 e. The van der Waals surface area contributed by atoms with Crippen molar-refractivity contribution in [2.24, 2.45) is 0 Å². The molecule has 8 nitrogen and oxygen atoms in total. The van der Waals surface area contributed by atoms with Gasteiger partial charge in [-0.3, -0.25) is 9.59 Å². The molecule has 1 aliphatic heterocycles. The minimum absolute atomic E-state index is 0.0505. The molecule has 39 heavy (non-hydrogen) atoms. The Kier molecular flexibility index (Phi) is 8.93. The molecule has 0 bridgehead atoms. The first kappa shape index (κ1) is 28.2. The molecule has 1 fully saturated rings. The zero-order valence-electron chi connectivity index (χ0n) is 21.9. The molecule has 0 aromatic heterocycles. The third kappa shape index (κ3) is 6.10. The molecule has 9 heteroatoms. The molecular weight excluding hydrogens is 566 g/mol. The van der Waals surface area contributed by atoms with E-state index < -0.39 is 17.7 Å². The Balaban J connectivity index is 1.69. The summed E-state index contributed by atoms with van der Waals surface area (Å²) < 4.78 is 16.6. The number of amides is 1. The van der Waals surface area contributed by atoms with Crippen LogP contribution in [-0.4, -0.2) is 54.2 Å². The maximum Gasteiger partial charge on any atom is 0.295 e. The Labute approximate surface area is 235 Å². The van der Waals surface area contributed by atoms with Crippen molar-refractivity contribution in [1.82, 2.24) is 4.90 Å². The summed E-state index contributed by atoms with van der Waals surface area (Å²) >= 11 is 3.31. The highest BCUT2D eigenvalue weighted by atomic mass is 79.9. The van der Waals surface area contributed by atoms with Gasteiger partial charge in [0.15, 0.2) is 11.5 Å². The first-order valence-electron chi connectivity index (χ1n) is 12.4. The van der Waals surface area contributed by atoms with E-state index in [1.165, 1.54) is 12.0 Å². The van der Waals surface area contributed by atoms with Crippen LogP contribution in [-0.2, 0) is 20.9 Å². The predicted octanol–water partition coefficient (Wildman–Crippen LogP) is 5.51. The van der Waals surface area contributed by atoms with Crippen LogP contribution in [0.25, 0.3) is 5.76 Å². The Hall–Kier alpha value is -3.82. The number of hydrogen-bond acceptors (Lipinski definition) is 7. The minimum atomic E-state index is -0.898. The van der Waals surface area contributed by atoms with Crippen LogP contribution in [0, 0.1) is 6.92 Å². The number of carbonyl (C=O) groups excluding carboxylic acids is 2. The number of phenols is 1. The predicted molar refractivity (Wildman–Crippen MR) is 150 cm³/mol. The third-order valence-corrected chi connectivity index (χ3v) is 7.09.